The lowest BCUT2D eigenvalue weighted by Crippen LogP contribution is -2.48. The number of ether oxygens (including phenoxy) is 1. The molecule has 26 heavy (non-hydrogen) atoms. The van der Waals surface area contributed by atoms with Crippen molar-refractivity contribution < 1.29 is 27.9 Å². The van der Waals surface area contributed by atoms with Crippen molar-refractivity contribution in [2.45, 2.75) is 50.3 Å². The van der Waals surface area contributed by atoms with Gasteiger partial charge in [-0.25, -0.2) is 8.42 Å². The van der Waals surface area contributed by atoms with Gasteiger partial charge in [-0.05, 0) is 39.0 Å². The minimum Gasteiger partial charge on any atom is -0.481 e. The van der Waals surface area contributed by atoms with E-state index < -0.39 is 27.9 Å². The Kier molecular flexibility index (Phi) is 6.38. The molecule has 1 amide bonds. The van der Waals surface area contributed by atoms with E-state index in [4.69, 9.17) is 9.84 Å². The average Bonchev–Trinajstić information content (AvgIpc) is 2.53. The van der Waals surface area contributed by atoms with Gasteiger partial charge in [-0.2, -0.15) is 4.31 Å². The molecule has 3 unspecified atom stereocenters. The van der Waals surface area contributed by atoms with Crippen LogP contribution in [0.2, 0.25) is 0 Å². The standard InChI is InChI=1S/C17H24N2O6S/c1-11(7-16(20)21)18-17(22)14-5-4-6-15(8-14)26(23,24)19-9-12(2)25-13(3)10-19/h4-6,8,11-13H,7,9-10H2,1-3H3,(H,18,22)(H,20,21). The third kappa shape index (κ3) is 5.03. The van der Waals surface area contributed by atoms with Gasteiger partial charge in [0, 0.05) is 24.7 Å². The van der Waals surface area contributed by atoms with Crippen LogP contribution >= 0.6 is 0 Å². The van der Waals surface area contributed by atoms with Crippen LogP contribution < -0.4 is 5.32 Å². The smallest absolute Gasteiger partial charge is 0.305 e. The van der Waals surface area contributed by atoms with Crippen LogP contribution in [0, 0.1) is 0 Å². The number of carbonyl (C=O) groups excluding carboxylic acids is 1. The zero-order valence-corrected chi connectivity index (χ0v) is 15.8. The van der Waals surface area contributed by atoms with E-state index in [9.17, 15) is 18.0 Å². The summed E-state index contributed by atoms with van der Waals surface area (Å²) in [5.41, 5.74) is 0.165. The second-order valence-electron chi connectivity index (χ2n) is 6.58. The summed E-state index contributed by atoms with van der Waals surface area (Å²) in [6.45, 7) is 5.69. The first-order chi connectivity index (χ1) is 12.1. The topological polar surface area (TPSA) is 113 Å². The maximum Gasteiger partial charge on any atom is 0.305 e. The SMILES string of the molecule is CC(CC(=O)O)NC(=O)c1cccc(S(=O)(=O)N2CC(C)OC(C)C2)c1. The molecule has 1 aromatic rings. The van der Waals surface area contributed by atoms with Gasteiger partial charge in [0.2, 0.25) is 10.0 Å². The van der Waals surface area contributed by atoms with E-state index in [0.717, 1.165) is 0 Å². The predicted molar refractivity (Wildman–Crippen MR) is 94.4 cm³/mol. The molecular weight excluding hydrogens is 360 g/mol. The number of benzene rings is 1. The number of carbonyl (C=O) groups is 2. The molecular formula is C17H24N2O6S. The fourth-order valence-electron chi connectivity index (χ4n) is 2.89. The minimum atomic E-state index is -3.75. The Balaban J connectivity index is 2.19. The van der Waals surface area contributed by atoms with E-state index in [1.54, 1.807) is 6.92 Å². The molecule has 8 nitrogen and oxygen atoms in total. The summed E-state index contributed by atoms with van der Waals surface area (Å²) in [5.74, 6) is -1.54. The quantitative estimate of drug-likeness (QED) is 0.759. The van der Waals surface area contributed by atoms with Gasteiger partial charge in [-0.3, -0.25) is 9.59 Å². The maximum atomic E-state index is 12.9. The number of hydrogen-bond donors (Lipinski definition) is 2. The molecule has 2 N–H and O–H groups in total. The Morgan fingerprint density at radius 3 is 2.50 bits per heavy atom. The highest BCUT2D eigenvalue weighted by Crippen LogP contribution is 2.22. The van der Waals surface area contributed by atoms with E-state index in [-0.39, 0.29) is 42.2 Å². The second-order valence-corrected chi connectivity index (χ2v) is 8.52. The lowest BCUT2D eigenvalue weighted by Gasteiger charge is -2.34. The normalized spacial score (nSPS) is 22.6. The maximum absolute atomic E-state index is 12.9. The Morgan fingerprint density at radius 1 is 1.31 bits per heavy atom. The Labute approximate surface area is 153 Å². The van der Waals surface area contributed by atoms with E-state index >= 15 is 0 Å². The lowest BCUT2D eigenvalue weighted by atomic mass is 10.2. The summed E-state index contributed by atoms with van der Waals surface area (Å²) < 4.78 is 32.7. The van der Waals surface area contributed by atoms with E-state index in [2.05, 4.69) is 5.32 Å². The van der Waals surface area contributed by atoms with Crippen LogP contribution in [0.1, 0.15) is 37.6 Å². The number of morpholine rings is 1. The molecule has 0 saturated carbocycles. The second kappa shape index (κ2) is 8.15. The molecule has 1 aliphatic rings. The number of aliphatic carboxylic acids is 1. The van der Waals surface area contributed by atoms with E-state index in [1.807, 2.05) is 13.8 Å². The summed E-state index contributed by atoms with van der Waals surface area (Å²) in [6.07, 6.45) is -0.637. The van der Waals surface area contributed by atoms with Crippen LogP contribution in [0.25, 0.3) is 0 Å². The van der Waals surface area contributed by atoms with Gasteiger partial charge in [0.25, 0.3) is 5.91 Å². The van der Waals surface area contributed by atoms with Crippen LogP contribution in [0.4, 0.5) is 0 Å². The van der Waals surface area contributed by atoms with Crippen LogP contribution in [0.15, 0.2) is 29.2 Å². The van der Waals surface area contributed by atoms with E-state index in [0.29, 0.717) is 0 Å². The van der Waals surface area contributed by atoms with Gasteiger partial charge in [-0.1, -0.05) is 6.07 Å². The van der Waals surface area contributed by atoms with Crippen molar-refractivity contribution in [3.05, 3.63) is 29.8 Å². The largest absolute Gasteiger partial charge is 0.481 e. The average molecular weight is 384 g/mol. The molecule has 0 aliphatic carbocycles. The molecule has 2 rings (SSSR count). The number of carboxylic acids is 1. The number of sulfonamides is 1. The predicted octanol–water partition coefficient (Wildman–Crippen LogP) is 1.08. The highest BCUT2D eigenvalue weighted by atomic mass is 32.2. The monoisotopic (exact) mass is 384 g/mol. The molecule has 1 aliphatic heterocycles. The molecule has 0 radical (unpaired) electrons. The number of hydrogen-bond acceptors (Lipinski definition) is 5. The molecule has 3 atom stereocenters. The molecule has 0 aromatic heterocycles. The molecule has 0 spiro atoms. The highest BCUT2D eigenvalue weighted by molar-refractivity contribution is 7.89. The summed E-state index contributed by atoms with van der Waals surface area (Å²) in [6, 6.07) is 5.17. The fourth-order valence-corrected chi connectivity index (χ4v) is 4.53. The summed E-state index contributed by atoms with van der Waals surface area (Å²) in [5, 5.41) is 11.3. The van der Waals surface area contributed by atoms with Gasteiger partial charge in [0.15, 0.2) is 0 Å². The van der Waals surface area contributed by atoms with Crippen molar-refractivity contribution in [2.75, 3.05) is 13.1 Å². The van der Waals surface area contributed by atoms with Gasteiger partial charge in [0.05, 0.1) is 23.5 Å². The number of nitrogens with one attached hydrogen (secondary N) is 1. The van der Waals surface area contributed by atoms with Crippen LogP contribution in [-0.4, -0.2) is 61.0 Å². The summed E-state index contributed by atoms with van der Waals surface area (Å²) in [7, 11) is -3.75. The summed E-state index contributed by atoms with van der Waals surface area (Å²) in [4.78, 5) is 23.0. The van der Waals surface area contributed by atoms with Crippen LogP contribution in [0.3, 0.4) is 0 Å². The molecule has 144 valence electrons. The number of nitrogens with zero attached hydrogens (tertiary/aromatic N) is 1. The zero-order chi connectivity index (χ0) is 19.5. The molecule has 1 heterocycles. The van der Waals surface area contributed by atoms with Crippen molar-refractivity contribution in [1.82, 2.24) is 9.62 Å². The van der Waals surface area contributed by atoms with Crippen molar-refractivity contribution in [1.29, 1.82) is 0 Å². The minimum absolute atomic E-state index is 0.0253. The number of amides is 1. The van der Waals surface area contributed by atoms with Gasteiger partial charge in [-0.15, -0.1) is 0 Å². The molecule has 0 bridgehead atoms. The molecule has 1 aromatic carbocycles. The van der Waals surface area contributed by atoms with Crippen molar-refractivity contribution >= 4 is 21.9 Å². The first-order valence-electron chi connectivity index (χ1n) is 8.38. The molecule has 1 fully saturated rings. The third-order valence-corrected chi connectivity index (χ3v) is 5.81. The summed E-state index contributed by atoms with van der Waals surface area (Å²) >= 11 is 0. The Bertz CT molecular complexity index is 769. The highest BCUT2D eigenvalue weighted by Gasteiger charge is 2.32. The van der Waals surface area contributed by atoms with Crippen molar-refractivity contribution in [2.24, 2.45) is 0 Å². The molecule has 1 saturated heterocycles. The number of rotatable bonds is 6. The van der Waals surface area contributed by atoms with Crippen LogP contribution in [-0.2, 0) is 19.6 Å². The molecule has 9 heteroatoms. The third-order valence-electron chi connectivity index (χ3n) is 3.98. The van der Waals surface area contributed by atoms with Crippen molar-refractivity contribution in [3.63, 3.8) is 0 Å². The van der Waals surface area contributed by atoms with Crippen molar-refractivity contribution in [3.8, 4) is 0 Å². The Morgan fingerprint density at radius 2 is 1.92 bits per heavy atom. The fraction of sp³-hybridized carbons (Fsp3) is 0.529. The van der Waals surface area contributed by atoms with Gasteiger partial charge in [0.1, 0.15) is 0 Å². The van der Waals surface area contributed by atoms with Gasteiger partial charge < -0.3 is 15.2 Å². The first-order valence-corrected chi connectivity index (χ1v) is 9.82. The van der Waals surface area contributed by atoms with Gasteiger partial charge >= 0.3 is 5.97 Å². The van der Waals surface area contributed by atoms with E-state index in [1.165, 1.54) is 28.6 Å². The zero-order valence-electron chi connectivity index (χ0n) is 15.0. The number of carboxylic acid groups (broad SMARTS) is 1. The first kappa shape index (κ1) is 20.3. The van der Waals surface area contributed by atoms with Crippen LogP contribution in [0.5, 0.6) is 0 Å². The lowest BCUT2D eigenvalue weighted by molar-refractivity contribution is -0.137. The Hall–Kier alpha value is -1.97.